The van der Waals surface area contributed by atoms with E-state index in [1.54, 1.807) is 11.6 Å². The third kappa shape index (κ3) is 4.30. The van der Waals surface area contributed by atoms with E-state index < -0.39 is 16.0 Å². The van der Waals surface area contributed by atoms with Gasteiger partial charge in [0.15, 0.2) is 4.96 Å². The molecular weight excluding hydrogens is 426 g/mol. The van der Waals surface area contributed by atoms with Crippen LogP contribution in [0.25, 0.3) is 4.96 Å². The van der Waals surface area contributed by atoms with E-state index in [4.69, 9.17) is 4.74 Å². The molecule has 2 aromatic heterocycles. The Morgan fingerprint density at radius 3 is 2.50 bits per heavy atom. The van der Waals surface area contributed by atoms with E-state index in [2.05, 4.69) is 4.98 Å². The number of aromatic nitrogens is 2. The van der Waals surface area contributed by atoms with Gasteiger partial charge < -0.3 is 4.74 Å². The van der Waals surface area contributed by atoms with E-state index in [1.165, 1.54) is 50.4 Å². The molecule has 0 N–H and O–H groups in total. The maximum Gasteiger partial charge on any atom is 0.338 e. The lowest BCUT2D eigenvalue weighted by atomic mass is 10.2. The first-order valence-corrected chi connectivity index (χ1v) is 12.0. The molecular formula is C20H21N3O5S2. The SMILES string of the molecule is O=C(OCc1cc(=O)n2ccsc2n1)c1ccc(S(=O)(=O)N2CCCCCC2)cc1. The van der Waals surface area contributed by atoms with Gasteiger partial charge >= 0.3 is 5.97 Å². The number of hydrogen-bond acceptors (Lipinski definition) is 7. The van der Waals surface area contributed by atoms with E-state index in [9.17, 15) is 18.0 Å². The standard InChI is InChI=1S/C20H21N3O5S2/c24-18-13-16(21-20-23(18)11-12-29-20)14-28-19(25)15-5-7-17(8-6-15)30(26,27)22-9-3-1-2-4-10-22/h5-8,11-13H,1-4,9-10,14H2. The van der Waals surface area contributed by atoms with E-state index in [0.717, 1.165) is 25.7 Å². The normalized spacial score (nSPS) is 15.7. The molecule has 10 heteroatoms. The number of nitrogens with zero attached hydrogens (tertiary/aromatic N) is 3. The van der Waals surface area contributed by atoms with E-state index in [1.807, 2.05) is 0 Å². The average Bonchev–Trinajstić information content (AvgIpc) is 3.04. The smallest absolute Gasteiger partial charge is 0.338 e. The van der Waals surface area contributed by atoms with Crippen molar-refractivity contribution in [2.45, 2.75) is 37.2 Å². The lowest BCUT2D eigenvalue weighted by molar-refractivity contribution is 0.0467. The fourth-order valence-electron chi connectivity index (χ4n) is 3.38. The number of hydrogen-bond donors (Lipinski definition) is 0. The van der Waals surface area contributed by atoms with Crippen molar-refractivity contribution in [3.05, 3.63) is 63.5 Å². The molecule has 30 heavy (non-hydrogen) atoms. The second-order valence-electron chi connectivity index (χ2n) is 7.06. The second-order valence-corrected chi connectivity index (χ2v) is 9.87. The molecule has 1 aromatic carbocycles. The van der Waals surface area contributed by atoms with Crippen molar-refractivity contribution in [1.29, 1.82) is 0 Å². The van der Waals surface area contributed by atoms with Crippen LogP contribution >= 0.6 is 11.3 Å². The molecule has 1 fully saturated rings. The molecule has 0 saturated carbocycles. The molecule has 0 atom stereocenters. The zero-order valence-corrected chi connectivity index (χ0v) is 17.8. The summed E-state index contributed by atoms with van der Waals surface area (Å²) in [5.41, 5.74) is 0.352. The van der Waals surface area contributed by atoms with Crippen molar-refractivity contribution in [2.24, 2.45) is 0 Å². The van der Waals surface area contributed by atoms with Gasteiger partial charge in [-0.15, -0.1) is 11.3 Å². The molecule has 0 unspecified atom stereocenters. The van der Waals surface area contributed by atoms with Crippen LogP contribution in [0.2, 0.25) is 0 Å². The Hall–Kier alpha value is -2.56. The third-order valence-corrected chi connectivity index (χ3v) is 7.67. The van der Waals surface area contributed by atoms with Crippen molar-refractivity contribution in [3.8, 4) is 0 Å². The largest absolute Gasteiger partial charge is 0.456 e. The molecule has 0 amide bonds. The minimum absolute atomic E-state index is 0.143. The van der Waals surface area contributed by atoms with E-state index in [-0.39, 0.29) is 22.6 Å². The van der Waals surface area contributed by atoms with Crippen LogP contribution in [0.5, 0.6) is 0 Å². The summed E-state index contributed by atoms with van der Waals surface area (Å²) in [7, 11) is -3.57. The minimum atomic E-state index is -3.57. The lowest BCUT2D eigenvalue weighted by Gasteiger charge is -2.19. The Balaban J connectivity index is 1.44. The molecule has 3 heterocycles. The van der Waals surface area contributed by atoms with Crippen LogP contribution in [-0.2, 0) is 21.4 Å². The molecule has 0 bridgehead atoms. The van der Waals surface area contributed by atoms with Crippen molar-refractivity contribution < 1.29 is 17.9 Å². The predicted molar refractivity (Wildman–Crippen MR) is 112 cm³/mol. The van der Waals surface area contributed by atoms with Gasteiger partial charge in [-0.25, -0.2) is 18.2 Å². The fourth-order valence-corrected chi connectivity index (χ4v) is 5.63. The van der Waals surface area contributed by atoms with Crippen molar-refractivity contribution in [3.63, 3.8) is 0 Å². The Morgan fingerprint density at radius 2 is 1.80 bits per heavy atom. The maximum absolute atomic E-state index is 12.8. The quantitative estimate of drug-likeness (QED) is 0.558. The number of sulfonamides is 1. The summed E-state index contributed by atoms with van der Waals surface area (Å²) < 4.78 is 33.8. The van der Waals surface area contributed by atoms with Gasteiger partial charge in [0.2, 0.25) is 10.0 Å². The van der Waals surface area contributed by atoms with Crippen LogP contribution in [0.15, 0.2) is 51.6 Å². The monoisotopic (exact) mass is 447 g/mol. The molecule has 1 aliphatic heterocycles. The topological polar surface area (TPSA) is 98.0 Å². The molecule has 0 spiro atoms. The zero-order chi connectivity index (χ0) is 21.1. The van der Waals surface area contributed by atoms with Crippen LogP contribution in [-0.4, -0.2) is 41.2 Å². The van der Waals surface area contributed by atoms with E-state index >= 15 is 0 Å². The van der Waals surface area contributed by atoms with Gasteiger partial charge in [0.25, 0.3) is 5.56 Å². The summed E-state index contributed by atoms with van der Waals surface area (Å²) >= 11 is 1.31. The number of carbonyl (C=O) groups is 1. The molecule has 3 aromatic rings. The first-order valence-electron chi connectivity index (χ1n) is 9.68. The number of benzene rings is 1. The van der Waals surface area contributed by atoms with Gasteiger partial charge in [0.1, 0.15) is 6.61 Å². The summed E-state index contributed by atoms with van der Waals surface area (Å²) in [4.78, 5) is 29.3. The first-order chi connectivity index (χ1) is 14.4. The Morgan fingerprint density at radius 1 is 1.10 bits per heavy atom. The van der Waals surface area contributed by atoms with Gasteiger partial charge in [0, 0.05) is 30.7 Å². The Bertz CT molecular complexity index is 1210. The summed E-state index contributed by atoms with van der Waals surface area (Å²) in [6.45, 7) is 0.900. The summed E-state index contributed by atoms with van der Waals surface area (Å²) in [6.07, 6.45) is 5.43. The summed E-state index contributed by atoms with van der Waals surface area (Å²) in [5, 5.41) is 1.75. The Kier molecular flexibility index (Phi) is 5.98. The number of thiazole rings is 1. The zero-order valence-electron chi connectivity index (χ0n) is 16.2. The highest BCUT2D eigenvalue weighted by Crippen LogP contribution is 2.21. The number of carbonyl (C=O) groups excluding carboxylic acids is 1. The van der Waals surface area contributed by atoms with Gasteiger partial charge in [-0.3, -0.25) is 9.20 Å². The summed E-state index contributed by atoms with van der Waals surface area (Å²) in [5.74, 6) is -0.609. The highest BCUT2D eigenvalue weighted by Gasteiger charge is 2.25. The van der Waals surface area contributed by atoms with Gasteiger partial charge in [0.05, 0.1) is 16.2 Å². The molecule has 1 saturated heterocycles. The second kappa shape index (κ2) is 8.66. The van der Waals surface area contributed by atoms with Crippen molar-refractivity contribution >= 4 is 32.3 Å². The Labute approximate surface area is 177 Å². The fraction of sp³-hybridized carbons (Fsp3) is 0.350. The lowest BCUT2D eigenvalue weighted by Crippen LogP contribution is -2.31. The van der Waals surface area contributed by atoms with Gasteiger partial charge in [-0.05, 0) is 37.1 Å². The molecule has 8 nitrogen and oxygen atoms in total. The van der Waals surface area contributed by atoms with Crippen LogP contribution < -0.4 is 5.56 Å². The number of esters is 1. The molecule has 4 rings (SSSR count). The van der Waals surface area contributed by atoms with Gasteiger partial charge in [-0.2, -0.15) is 4.31 Å². The van der Waals surface area contributed by atoms with Crippen LogP contribution in [0.4, 0.5) is 0 Å². The first kappa shape index (κ1) is 20.7. The predicted octanol–water partition coefficient (Wildman–Crippen LogP) is 2.68. The number of rotatable bonds is 5. The third-order valence-electron chi connectivity index (χ3n) is 5.00. The summed E-state index contributed by atoms with van der Waals surface area (Å²) in [6, 6.07) is 7.07. The van der Waals surface area contributed by atoms with Crippen molar-refractivity contribution in [1.82, 2.24) is 13.7 Å². The minimum Gasteiger partial charge on any atom is -0.456 e. The maximum atomic E-state index is 12.8. The average molecular weight is 448 g/mol. The molecule has 1 aliphatic rings. The van der Waals surface area contributed by atoms with Gasteiger partial charge in [-0.1, -0.05) is 12.8 Å². The molecule has 158 valence electrons. The highest BCUT2D eigenvalue weighted by atomic mass is 32.2. The number of fused-ring (bicyclic) bond motifs is 1. The number of ether oxygens (including phenoxy) is 1. The van der Waals surface area contributed by atoms with Crippen molar-refractivity contribution in [2.75, 3.05) is 13.1 Å². The molecule has 0 radical (unpaired) electrons. The van der Waals surface area contributed by atoms with Crippen LogP contribution in [0.1, 0.15) is 41.7 Å². The van der Waals surface area contributed by atoms with E-state index in [0.29, 0.717) is 23.7 Å². The van der Waals surface area contributed by atoms with Crippen LogP contribution in [0, 0.1) is 0 Å². The van der Waals surface area contributed by atoms with Crippen LogP contribution in [0.3, 0.4) is 0 Å². The highest BCUT2D eigenvalue weighted by molar-refractivity contribution is 7.89. The molecule has 0 aliphatic carbocycles.